The fraction of sp³-hybridized carbons (Fsp3) is 0.318. The predicted octanol–water partition coefficient (Wildman–Crippen LogP) is 3.62. The number of likely N-dealkylation sites (tertiary alicyclic amines) is 1. The van der Waals surface area contributed by atoms with Crippen LogP contribution in [0.3, 0.4) is 0 Å². The summed E-state index contributed by atoms with van der Waals surface area (Å²) in [7, 11) is 0. The predicted molar refractivity (Wildman–Crippen MR) is 105 cm³/mol. The van der Waals surface area contributed by atoms with Crippen molar-refractivity contribution in [2.75, 3.05) is 13.1 Å². The van der Waals surface area contributed by atoms with Gasteiger partial charge in [-0.1, -0.05) is 42.5 Å². The molecule has 0 atom stereocenters. The molecule has 4 rings (SSSR count). The van der Waals surface area contributed by atoms with Gasteiger partial charge in [0.1, 0.15) is 0 Å². The van der Waals surface area contributed by atoms with Crippen LogP contribution in [0.1, 0.15) is 29.5 Å². The Balaban J connectivity index is 1.30. The van der Waals surface area contributed by atoms with E-state index in [4.69, 9.17) is 0 Å². The minimum absolute atomic E-state index is 0.0518. The maximum absolute atomic E-state index is 12.3. The number of fused-ring (bicyclic) bond motifs is 1. The highest BCUT2D eigenvalue weighted by Gasteiger charge is 2.12. The summed E-state index contributed by atoms with van der Waals surface area (Å²) in [5.74, 6) is 0.0518. The minimum atomic E-state index is 0.0518. The Labute approximate surface area is 154 Å². The van der Waals surface area contributed by atoms with Gasteiger partial charge in [0.05, 0.1) is 6.42 Å². The largest absolute Gasteiger partial charge is 0.361 e. The molecule has 1 fully saturated rings. The van der Waals surface area contributed by atoms with Crippen LogP contribution in [0.25, 0.3) is 10.9 Å². The molecule has 0 bridgehead atoms. The van der Waals surface area contributed by atoms with Crippen LogP contribution in [0.2, 0.25) is 0 Å². The first kappa shape index (κ1) is 16.9. The molecule has 0 aliphatic carbocycles. The first-order valence-corrected chi connectivity index (χ1v) is 9.40. The molecule has 4 nitrogen and oxygen atoms in total. The van der Waals surface area contributed by atoms with E-state index in [2.05, 4.69) is 39.5 Å². The Hall–Kier alpha value is -2.59. The van der Waals surface area contributed by atoms with Gasteiger partial charge in [-0.2, -0.15) is 0 Å². The third-order valence-electron chi connectivity index (χ3n) is 5.14. The van der Waals surface area contributed by atoms with Crippen LogP contribution in [0.4, 0.5) is 0 Å². The van der Waals surface area contributed by atoms with Crippen molar-refractivity contribution in [2.45, 2.75) is 32.4 Å². The smallest absolute Gasteiger partial charge is 0.224 e. The van der Waals surface area contributed by atoms with Crippen molar-refractivity contribution in [1.82, 2.24) is 15.2 Å². The molecule has 2 N–H and O–H groups in total. The second-order valence-corrected chi connectivity index (χ2v) is 7.11. The molecule has 26 heavy (non-hydrogen) atoms. The molecule has 0 spiro atoms. The van der Waals surface area contributed by atoms with Crippen molar-refractivity contribution in [1.29, 1.82) is 0 Å². The summed E-state index contributed by atoms with van der Waals surface area (Å²) in [6.45, 7) is 4.04. The maximum atomic E-state index is 12.3. The molecule has 1 aliphatic rings. The van der Waals surface area contributed by atoms with Gasteiger partial charge < -0.3 is 10.3 Å². The van der Waals surface area contributed by atoms with Crippen molar-refractivity contribution in [3.8, 4) is 0 Å². The monoisotopic (exact) mass is 347 g/mol. The molecule has 4 heteroatoms. The van der Waals surface area contributed by atoms with Crippen molar-refractivity contribution in [3.63, 3.8) is 0 Å². The minimum Gasteiger partial charge on any atom is -0.361 e. The number of benzene rings is 2. The van der Waals surface area contributed by atoms with E-state index in [1.165, 1.54) is 31.5 Å². The molecule has 0 radical (unpaired) electrons. The summed E-state index contributed by atoms with van der Waals surface area (Å²) < 4.78 is 0. The standard InChI is InChI=1S/C22H25N3O/c26-22(13-19-15-23-21-6-2-1-5-20(19)21)24-14-17-7-9-18(10-8-17)16-25-11-3-4-12-25/h1-2,5-10,15,23H,3-4,11-14,16H2,(H,24,26). The Bertz CT molecular complexity index is 876. The Morgan fingerprint density at radius 1 is 1.00 bits per heavy atom. The van der Waals surface area contributed by atoms with E-state index in [1.807, 2.05) is 30.5 Å². The topological polar surface area (TPSA) is 48.1 Å². The number of carbonyl (C=O) groups excluding carboxylic acids is 1. The number of hydrogen-bond acceptors (Lipinski definition) is 2. The van der Waals surface area contributed by atoms with Crippen molar-refractivity contribution < 1.29 is 4.79 Å². The van der Waals surface area contributed by atoms with Gasteiger partial charge in [-0.05, 0) is 48.7 Å². The van der Waals surface area contributed by atoms with Gasteiger partial charge in [-0.15, -0.1) is 0 Å². The number of amides is 1. The van der Waals surface area contributed by atoms with Crippen molar-refractivity contribution in [2.24, 2.45) is 0 Å². The molecule has 2 aromatic carbocycles. The number of nitrogens with one attached hydrogen (secondary N) is 2. The first-order chi connectivity index (χ1) is 12.8. The molecule has 3 aromatic rings. The lowest BCUT2D eigenvalue weighted by Crippen LogP contribution is -2.24. The number of aromatic nitrogens is 1. The molecule has 1 saturated heterocycles. The van der Waals surface area contributed by atoms with Gasteiger partial charge in [-0.25, -0.2) is 0 Å². The molecule has 0 saturated carbocycles. The molecule has 1 aliphatic heterocycles. The molecular formula is C22H25N3O. The summed E-state index contributed by atoms with van der Waals surface area (Å²) in [5, 5.41) is 4.15. The van der Waals surface area contributed by atoms with Crippen molar-refractivity contribution in [3.05, 3.63) is 71.4 Å². The lowest BCUT2D eigenvalue weighted by atomic mass is 10.1. The zero-order valence-electron chi connectivity index (χ0n) is 15.0. The van der Waals surface area contributed by atoms with Gasteiger partial charge in [0.25, 0.3) is 0 Å². The zero-order valence-corrected chi connectivity index (χ0v) is 15.0. The highest BCUT2D eigenvalue weighted by atomic mass is 16.1. The van der Waals surface area contributed by atoms with Gasteiger partial charge >= 0.3 is 0 Å². The molecule has 0 unspecified atom stereocenters. The second-order valence-electron chi connectivity index (χ2n) is 7.11. The SMILES string of the molecule is O=C(Cc1c[nH]c2ccccc12)NCc1ccc(CN2CCCC2)cc1. The van der Waals surface area contributed by atoms with Crippen LogP contribution in [0.5, 0.6) is 0 Å². The number of hydrogen-bond donors (Lipinski definition) is 2. The third kappa shape index (κ3) is 3.97. The van der Waals surface area contributed by atoms with Gasteiger partial charge in [0.2, 0.25) is 5.91 Å². The Morgan fingerprint density at radius 3 is 2.54 bits per heavy atom. The van der Waals surface area contributed by atoms with Crippen LogP contribution in [0, 0.1) is 0 Å². The molecular weight excluding hydrogens is 322 g/mol. The molecule has 2 heterocycles. The average molecular weight is 347 g/mol. The maximum Gasteiger partial charge on any atom is 0.224 e. The highest BCUT2D eigenvalue weighted by Crippen LogP contribution is 2.18. The van der Waals surface area contributed by atoms with Crippen molar-refractivity contribution >= 4 is 16.8 Å². The summed E-state index contributed by atoms with van der Waals surface area (Å²) in [6, 6.07) is 16.7. The zero-order chi connectivity index (χ0) is 17.8. The van der Waals surface area contributed by atoms with Crippen LogP contribution in [0.15, 0.2) is 54.7 Å². The molecule has 134 valence electrons. The second kappa shape index (κ2) is 7.75. The number of nitrogens with zero attached hydrogens (tertiary/aromatic N) is 1. The van der Waals surface area contributed by atoms with E-state index in [-0.39, 0.29) is 5.91 Å². The first-order valence-electron chi connectivity index (χ1n) is 9.40. The Kier molecular flexibility index (Phi) is 5.02. The lowest BCUT2D eigenvalue weighted by Gasteiger charge is -2.14. The van der Waals surface area contributed by atoms with E-state index < -0.39 is 0 Å². The summed E-state index contributed by atoms with van der Waals surface area (Å²) >= 11 is 0. The van der Waals surface area contributed by atoms with Gasteiger partial charge in [-0.3, -0.25) is 9.69 Å². The number of para-hydroxylation sites is 1. The van der Waals surface area contributed by atoms with E-state index in [0.29, 0.717) is 13.0 Å². The number of carbonyl (C=O) groups is 1. The number of H-pyrrole nitrogens is 1. The van der Waals surface area contributed by atoms with Gasteiger partial charge in [0.15, 0.2) is 0 Å². The highest BCUT2D eigenvalue weighted by molar-refractivity contribution is 5.88. The summed E-state index contributed by atoms with van der Waals surface area (Å²) in [6.07, 6.45) is 4.97. The third-order valence-corrected chi connectivity index (χ3v) is 5.14. The summed E-state index contributed by atoms with van der Waals surface area (Å²) in [4.78, 5) is 18.0. The summed E-state index contributed by atoms with van der Waals surface area (Å²) in [5.41, 5.74) is 4.60. The van der Waals surface area contributed by atoms with E-state index in [1.54, 1.807) is 0 Å². The Morgan fingerprint density at radius 2 is 1.73 bits per heavy atom. The van der Waals surface area contributed by atoms with Crippen LogP contribution >= 0.6 is 0 Å². The van der Waals surface area contributed by atoms with Crippen LogP contribution < -0.4 is 5.32 Å². The fourth-order valence-electron chi connectivity index (χ4n) is 3.68. The van der Waals surface area contributed by atoms with E-state index in [0.717, 1.165) is 28.6 Å². The quantitative estimate of drug-likeness (QED) is 0.715. The molecule has 1 aromatic heterocycles. The van der Waals surface area contributed by atoms with Crippen LogP contribution in [-0.4, -0.2) is 28.9 Å². The number of rotatable bonds is 6. The number of aromatic amines is 1. The molecule has 1 amide bonds. The van der Waals surface area contributed by atoms with E-state index in [9.17, 15) is 4.79 Å². The fourth-order valence-corrected chi connectivity index (χ4v) is 3.68. The van der Waals surface area contributed by atoms with Gasteiger partial charge in [0, 0.05) is 30.2 Å². The van der Waals surface area contributed by atoms with Crippen LogP contribution in [-0.2, 0) is 24.3 Å². The normalized spacial score (nSPS) is 14.8. The lowest BCUT2D eigenvalue weighted by molar-refractivity contribution is -0.120. The average Bonchev–Trinajstić information content (AvgIpc) is 3.32. The van der Waals surface area contributed by atoms with E-state index >= 15 is 0 Å².